The lowest BCUT2D eigenvalue weighted by molar-refractivity contribution is 0.0951. The third-order valence-electron chi connectivity index (χ3n) is 4.26. The van der Waals surface area contributed by atoms with Crippen molar-refractivity contribution in [3.8, 4) is 5.75 Å². The Hall–Kier alpha value is -3.08. The average Bonchev–Trinajstić information content (AvgIpc) is 3.20. The molecule has 2 aromatic carbocycles. The highest BCUT2D eigenvalue weighted by molar-refractivity contribution is 5.94. The van der Waals surface area contributed by atoms with Gasteiger partial charge in [-0.25, -0.2) is 4.98 Å². The highest BCUT2D eigenvalue weighted by Crippen LogP contribution is 2.14. The zero-order chi connectivity index (χ0) is 18.9. The molecule has 0 bridgehead atoms. The molecule has 1 heterocycles. The SMILES string of the molecule is CCCCOc1cccc(CNC(=O)c2ccc(Cn3ccnc3)cc2)c1. The molecule has 0 saturated heterocycles. The third-order valence-corrected chi connectivity index (χ3v) is 4.26. The molecule has 0 atom stereocenters. The summed E-state index contributed by atoms with van der Waals surface area (Å²) in [5.41, 5.74) is 2.80. The summed E-state index contributed by atoms with van der Waals surface area (Å²) in [7, 11) is 0. The van der Waals surface area contributed by atoms with Gasteiger partial charge in [0.25, 0.3) is 5.91 Å². The highest BCUT2D eigenvalue weighted by atomic mass is 16.5. The van der Waals surface area contributed by atoms with E-state index in [0.717, 1.165) is 42.9 Å². The minimum Gasteiger partial charge on any atom is -0.494 e. The number of amides is 1. The maximum atomic E-state index is 12.4. The number of benzene rings is 2. The van der Waals surface area contributed by atoms with E-state index in [0.29, 0.717) is 12.1 Å². The topological polar surface area (TPSA) is 56.1 Å². The first kappa shape index (κ1) is 18.7. The van der Waals surface area contributed by atoms with E-state index in [2.05, 4.69) is 17.2 Å². The van der Waals surface area contributed by atoms with Crippen LogP contribution in [0.15, 0.2) is 67.3 Å². The number of hydrogen-bond acceptors (Lipinski definition) is 3. The monoisotopic (exact) mass is 363 g/mol. The van der Waals surface area contributed by atoms with Crippen molar-refractivity contribution < 1.29 is 9.53 Å². The van der Waals surface area contributed by atoms with Crippen LogP contribution in [0.25, 0.3) is 0 Å². The molecule has 140 valence electrons. The van der Waals surface area contributed by atoms with Crippen LogP contribution in [0.5, 0.6) is 5.75 Å². The zero-order valence-electron chi connectivity index (χ0n) is 15.6. The quantitative estimate of drug-likeness (QED) is 0.584. The molecule has 0 spiro atoms. The van der Waals surface area contributed by atoms with Gasteiger partial charge in [0.1, 0.15) is 5.75 Å². The number of carbonyl (C=O) groups excluding carboxylic acids is 1. The molecule has 0 unspecified atom stereocenters. The second kappa shape index (κ2) is 9.57. The fraction of sp³-hybridized carbons (Fsp3) is 0.273. The molecule has 0 aliphatic heterocycles. The van der Waals surface area contributed by atoms with Gasteiger partial charge in [-0.3, -0.25) is 4.79 Å². The number of carbonyl (C=O) groups is 1. The summed E-state index contributed by atoms with van der Waals surface area (Å²) in [4.78, 5) is 16.4. The third kappa shape index (κ3) is 5.71. The fourth-order valence-electron chi connectivity index (χ4n) is 2.72. The Kier molecular flexibility index (Phi) is 6.63. The molecule has 0 aliphatic rings. The van der Waals surface area contributed by atoms with Crippen molar-refractivity contribution in [2.24, 2.45) is 0 Å². The number of hydrogen-bond donors (Lipinski definition) is 1. The Bertz CT molecular complexity index is 842. The number of ether oxygens (including phenoxy) is 1. The van der Waals surface area contributed by atoms with E-state index in [1.165, 1.54) is 0 Å². The summed E-state index contributed by atoms with van der Waals surface area (Å²) in [5, 5.41) is 2.97. The summed E-state index contributed by atoms with van der Waals surface area (Å²) in [6.07, 6.45) is 7.60. The minimum atomic E-state index is -0.0820. The van der Waals surface area contributed by atoms with Gasteiger partial charge in [0, 0.05) is 31.0 Å². The lowest BCUT2D eigenvalue weighted by atomic mass is 10.1. The van der Waals surface area contributed by atoms with Crippen LogP contribution in [0, 0.1) is 0 Å². The Morgan fingerprint density at radius 1 is 1.15 bits per heavy atom. The minimum absolute atomic E-state index is 0.0820. The number of imidazole rings is 1. The molecular formula is C22H25N3O2. The van der Waals surface area contributed by atoms with Crippen LogP contribution < -0.4 is 10.1 Å². The molecule has 1 N–H and O–H groups in total. The van der Waals surface area contributed by atoms with Crippen molar-refractivity contribution in [2.75, 3.05) is 6.61 Å². The molecule has 27 heavy (non-hydrogen) atoms. The maximum absolute atomic E-state index is 12.4. The number of rotatable bonds is 9. The molecule has 0 fully saturated rings. The predicted molar refractivity (Wildman–Crippen MR) is 106 cm³/mol. The first-order chi connectivity index (χ1) is 13.2. The second-order valence-corrected chi connectivity index (χ2v) is 6.46. The highest BCUT2D eigenvalue weighted by Gasteiger charge is 2.06. The molecule has 5 heteroatoms. The molecule has 3 rings (SSSR count). The summed E-state index contributed by atoms with van der Waals surface area (Å²) >= 11 is 0. The standard InChI is InChI=1S/C22H25N3O2/c1-2-3-13-27-21-6-4-5-19(14-21)15-24-22(26)20-9-7-18(8-10-20)16-25-12-11-23-17-25/h4-12,14,17H,2-3,13,15-16H2,1H3,(H,24,26). The van der Waals surface area contributed by atoms with E-state index in [-0.39, 0.29) is 5.91 Å². The lowest BCUT2D eigenvalue weighted by Gasteiger charge is -2.09. The van der Waals surface area contributed by atoms with Gasteiger partial charge in [-0.1, -0.05) is 37.6 Å². The number of unbranched alkanes of at least 4 members (excludes halogenated alkanes) is 1. The van der Waals surface area contributed by atoms with E-state index >= 15 is 0 Å². The van der Waals surface area contributed by atoms with E-state index in [1.54, 1.807) is 12.5 Å². The average molecular weight is 363 g/mol. The van der Waals surface area contributed by atoms with Gasteiger partial charge < -0.3 is 14.6 Å². The van der Waals surface area contributed by atoms with Crippen LogP contribution in [0.2, 0.25) is 0 Å². The molecule has 1 aromatic heterocycles. The Balaban J connectivity index is 1.52. The smallest absolute Gasteiger partial charge is 0.251 e. The van der Waals surface area contributed by atoms with E-state index < -0.39 is 0 Å². The van der Waals surface area contributed by atoms with E-state index in [9.17, 15) is 4.79 Å². The summed E-state index contributed by atoms with van der Waals surface area (Å²) in [6.45, 7) is 4.07. The van der Waals surface area contributed by atoms with Gasteiger partial charge in [0.2, 0.25) is 0 Å². The first-order valence-electron chi connectivity index (χ1n) is 9.29. The molecule has 0 radical (unpaired) electrons. The van der Waals surface area contributed by atoms with Crippen LogP contribution >= 0.6 is 0 Å². The molecule has 5 nitrogen and oxygen atoms in total. The van der Waals surface area contributed by atoms with Crippen LogP contribution in [-0.4, -0.2) is 22.1 Å². The van der Waals surface area contributed by atoms with Crippen LogP contribution in [-0.2, 0) is 13.1 Å². The van der Waals surface area contributed by atoms with Crippen molar-refractivity contribution in [2.45, 2.75) is 32.9 Å². The molecule has 3 aromatic rings. The molecule has 1 amide bonds. The molecular weight excluding hydrogens is 338 g/mol. The molecule has 0 aliphatic carbocycles. The summed E-state index contributed by atoms with van der Waals surface area (Å²) in [6, 6.07) is 15.5. The van der Waals surface area contributed by atoms with Gasteiger partial charge in [-0.2, -0.15) is 0 Å². The largest absolute Gasteiger partial charge is 0.494 e. The predicted octanol–water partition coefficient (Wildman–Crippen LogP) is 4.04. The van der Waals surface area contributed by atoms with Crippen LogP contribution in [0.4, 0.5) is 0 Å². The maximum Gasteiger partial charge on any atom is 0.251 e. The van der Waals surface area contributed by atoms with Crippen LogP contribution in [0.1, 0.15) is 41.3 Å². The van der Waals surface area contributed by atoms with Crippen molar-refractivity contribution >= 4 is 5.91 Å². The van der Waals surface area contributed by atoms with Crippen LogP contribution in [0.3, 0.4) is 0 Å². The molecule has 0 saturated carbocycles. The van der Waals surface area contributed by atoms with Crippen molar-refractivity contribution in [3.63, 3.8) is 0 Å². The lowest BCUT2D eigenvalue weighted by Crippen LogP contribution is -2.22. The van der Waals surface area contributed by atoms with Gasteiger partial charge >= 0.3 is 0 Å². The zero-order valence-corrected chi connectivity index (χ0v) is 15.6. The van der Waals surface area contributed by atoms with E-state index in [4.69, 9.17) is 4.74 Å². The van der Waals surface area contributed by atoms with Gasteiger partial charge in [0.05, 0.1) is 12.9 Å². The Morgan fingerprint density at radius 2 is 2.00 bits per heavy atom. The van der Waals surface area contributed by atoms with Crippen molar-refractivity contribution in [1.82, 2.24) is 14.9 Å². The fourth-order valence-corrected chi connectivity index (χ4v) is 2.72. The summed E-state index contributed by atoms with van der Waals surface area (Å²) in [5.74, 6) is 0.764. The number of aromatic nitrogens is 2. The number of nitrogens with zero attached hydrogens (tertiary/aromatic N) is 2. The van der Waals surface area contributed by atoms with Gasteiger partial charge in [-0.05, 0) is 41.8 Å². The van der Waals surface area contributed by atoms with E-state index in [1.807, 2.05) is 59.3 Å². The first-order valence-corrected chi connectivity index (χ1v) is 9.29. The second-order valence-electron chi connectivity index (χ2n) is 6.46. The van der Waals surface area contributed by atoms with Crippen molar-refractivity contribution in [1.29, 1.82) is 0 Å². The van der Waals surface area contributed by atoms with Gasteiger partial charge in [0.15, 0.2) is 0 Å². The summed E-state index contributed by atoms with van der Waals surface area (Å²) < 4.78 is 7.71. The Morgan fingerprint density at radius 3 is 2.74 bits per heavy atom. The Labute approximate surface area is 160 Å². The van der Waals surface area contributed by atoms with Crippen molar-refractivity contribution in [3.05, 3.63) is 83.9 Å². The number of nitrogens with one attached hydrogen (secondary N) is 1. The van der Waals surface area contributed by atoms with Gasteiger partial charge in [-0.15, -0.1) is 0 Å². The normalized spacial score (nSPS) is 10.6.